The first-order chi connectivity index (χ1) is 15.2. The van der Waals surface area contributed by atoms with Crippen LogP contribution in [-0.2, 0) is 13.6 Å². The number of rotatable bonds is 5. The maximum Gasteiger partial charge on any atom is 0.258 e. The number of halogens is 1. The lowest BCUT2D eigenvalue weighted by Crippen LogP contribution is -2.36. The topological polar surface area (TPSA) is 71.3 Å². The van der Waals surface area contributed by atoms with Crippen molar-refractivity contribution in [2.45, 2.75) is 47.1 Å². The fourth-order valence-corrected chi connectivity index (χ4v) is 3.32. The zero-order valence-corrected chi connectivity index (χ0v) is 19.5. The molecule has 1 amide bonds. The van der Waals surface area contributed by atoms with Gasteiger partial charge in [0.05, 0.1) is 12.2 Å². The van der Waals surface area contributed by atoms with E-state index in [9.17, 15) is 9.18 Å². The molecule has 0 saturated heterocycles. The van der Waals surface area contributed by atoms with E-state index in [1.54, 1.807) is 19.1 Å². The van der Waals surface area contributed by atoms with E-state index in [1.165, 1.54) is 11.6 Å². The molecule has 0 aliphatic heterocycles. The molecule has 0 fully saturated rings. The first-order valence-corrected chi connectivity index (χ1v) is 10.6. The van der Waals surface area contributed by atoms with Gasteiger partial charge in [0.2, 0.25) is 5.96 Å². The molecule has 32 heavy (non-hydrogen) atoms. The Kier molecular flexibility index (Phi) is 7.08. The van der Waals surface area contributed by atoms with E-state index in [1.807, 2.05) is 49.8 Å². The number of guanidine groups is 1. The van der Waals surface area contributed by atoms with E-state index in [0.717, 1.165) is 22.6 Å². The summed E-state index contributed by atoms with van der Waals surface area (Å²) in [6.45, 7) is 10.2. The third-order valence-electron chi connectivity index (χ3n) is 5.56. The van der Waals surface area contributed by atoms with Gasteiger partial charge >= 0.3 is 0 Å². The van der Waals surface area contributed by atoms with Crippen LogP contribution in [-0.4, -0.2) is 21.6 Å². The van der Waals surface area contributed by atoms with Gasteiger partial charge in [-0.15, -0.1) is 0 Å². The van der Waals surface area contributed by atoms with Gasteiger partial charge in [0.15, 0.2) is 0 Å². The van der Waals surface area contributed by atoms with Gasteiger partial charge in [-0.3, -0.25) is 14.8 Å². The van der Waals surface area contributed by atoms with E-state index in [4.69, 9.17) is 0 Å². The van der Waals surface area contributed by atoms with Crippen LogP contribution in [0.2, 0.25) is 0 Å². The molecule has 0 spiro atoms. The van der Waals surface area contributed by atoms with Crippen molar-refractivity contribution < 1.29 is 9.18 Å². The number of carbonyl (C=O) groups excluding carboxylic acids is 1. The first-order valence-electron chi connectivity index (χ1n) is 10.6. The molecule has 0 radical (unpaired) electrons. The molecule has 3 rings (SSSR count). The van der Waals surface area contributed by atoms with Crippen molar-refractivity contribution in [3.63, 3.8) is 0 Å². The molecule has 1 heterocycles. The van der Waals surface area contributed by atoms with Crippen molar-refractivity contribution in [1.29, 1.82) is 0 Å². The number of hydrogen-bond donors (Lipinski definition) is 2. The molecule has 6 nitrogen and oxygen atoms in total. The quantitative estimate of drug-likeness (QED) is 0.437. The number of carbonyl (C=O) groups is 1. The summed E-state index contributed by atoms with van der Waals surface area (Å²) >= 11 is 0. The van der Waals surface area contributed by atoms with Crippen LogP contribution in [0.3, 0.4) is 0 Å². The summed E-state index contributed by atoms with van der Waals surface area (Å²) in [5.74, 6) is -0.149. The van der Waals surface area contributed by atoms with Gasteiger partial charge in [0.25, 0.3) is 5.91 Å². The number of hydrogen-bond acceptors (Lipinski definition) is 3. The van der Waals surface area contributed by atoms with E-state index in [-0.39, 0.29) is 11.5 Å². The van der Waals surface area contributed by atoms with Gasteiger partial charge in [0.1, 0.15) is 5.82 Å². The predicted octanol–water partition coefficient (Wildman–Crippen LogP) is 5.01. The van der Waals surface area contributed by atoms with Crippen LogP contribution in [0.5, 0.6) is 0 Å². The summed E-state index contributed by atoms with van der Waals surface area (Å²) < 4.78 is 15.8. The van der Waals surface area contributed by atoms with Crippen LogP contribution < -0.4 is 10.6 Å². The van der Waals surface area contributed by atoms with Crippen molar-refractivity contribution in [2.75, 3.05) is 5.32 Å². The second-order valence-electron chi connectivity index (χ2n) is 8.26. The van der Waals surface area contributed by atoms with Gasteiger partial charge in [-0.1, -0.05) is 32.0 Å². The lowest BCUT2D eigenvalue weighted by Gasteiger charge is -2.13. The molecule has 168 valence electrons. The smallest absolute Gasteiger partial charge is 0.258 e. The number of benzene rings is 2. The minimum Gasteiger partial charge on any atom is -0.326 e. The van der Waals surface area contributed by atoms with Crippen LogP contribution in [0, 0.1) is 26.6 Å². The second-order valence-corrected chi connectivity index (χ2v) is 8.26. The SMILES string of the molecule is Cc1ccc(C(=O)NC(=NCc2c(C)nn(C)c2C)Nc2ccc(C(C)C)cc2)cc1F. The molecule has 2 aromatic carbocycles. The molecular weight excluding hydrogens is 405 g/mol. The third-order valence-corrected chi connectivity index (χ3v) is 5.56. The Bertz CT molecular complexity index is 1150. The zero-order chi connectivity index (χ0) is 23.4. The molecule has 0 bridgehead atoms. The summed E-state index contributed by atoms with van der Waals surface area (Å²) in [7, 11) is 1.89. The lowest BCUT2D eigenvalue weighted by atomic mass is 10.0. The minimum absolute atomic E-state index is 0.228. The van der Waals surface area contributed by atoms with E-state index in [2.05, 4.69) is 34.6 Å². The molecule has 0 aliphatic rings. The highest BCUT2D eigenvalue weighted by Crippen LogP contribution is 2.18. The Hall–Kier alpha value is -3.48. The molecule has 0 atom stereocenters. The molecule has 7 heteroatoms. The highest BCUT2D eigenvalue weighted by Gasteiger charge is 2.13. The third kappa shape index (κ3) is 5.41. The summed E-state index contributed by atoms with van der Waals surface area (Å²) in [6, 6.07) is 12.4. The average molecular weight is 436 g/mol. The van der Waals surface area contributed by atoms with Gasteiger partial charge in [-0.25, -0.2) is 9.38 Å². The molecular formula is C25H30FN5O. The molecule has 2 N–H and O–H groups in total. The number of aliphatic imine (C=N–C) groups is 1. The fraction of sp³-hybridized carbons (Fsp3) is 0.320. The standard InChI is InChI=1S/C25H30FN5O/c1-15(2)19-9-11-21(12-10-19)28-25(27-14-22-17(4)30-31(6)18(22)5)29-24(32)20-8-7-16(3)23(26)13-20/h7-13,15H,14H2,1-6H3,(H2,27,28,29,32). The van der Waals surface area contributed by atoms with Gasteiger partial charge in [-0.05, 0) is 62.1 Å². The lowest BCUT2D eigenvalue weighted by molar-refractivity contribution is 0.0976. The number of aryl methyl sites for hydroxylation is 3. The summed E-state index contributed by atoms with van der Waals surface area (Å²) in [6.07, 6.45) is 0. The van der Waals surface area contributed by atoms with Crippen molar-refractivity contribution >= 4 is 17.6 Å². The number of amides is 1. The monoisotopic (exact) mass is 435 g/mol. The van der Waals surface area contributed by atoms with E-state index >= 15 is 0 Å². The normalized spacial score (nSPS) is 11.7. The van der Waals surface area contributed by atoms with E-state index in [0.29, 0.717) is 18.0 Å². The first kappa shape index (κ1) is 23.2. The second kappa shape index (κ2) is 9.77. The van der Waals surface area contributed by atoms with Crippen molar-refractivity contribution in [3.05, 3.63) is 81.9 Å². The van der Waals surface area contributed by atoms with Crippen LogP contribution in [0.4, 0.5) is 10.1 Å². The van der Waals surface area contributed by atoms with Gasteiger partial charge < -0.3 is 5.32 Å². The molecule has 1 aromatic heterocycles. The van der Waals surface area contributed by atoms with Crippen molar-refractivity contribution in [1.82, 2.24) is 15.1 Å². The van der Waals surface area contributed by atoms with Crippen LogP contribution >= 0.6 is 0 Å². The van der Waals surface area contributed by atoms with Crippen LogP contribution in [0.25, 0.3) is 0 Å². The maximum absolute atomic E-state index is 14.0. The number of aromatic nitrogens is 2. The summed E-state index contributed by atoms with van der Waals surface area (Å²) in [5.41, 5.74) is 5.63. The van der Waals surface area contributed by atoms with Crippen LogP contribution in [0.15, 0.2) is 47.5 Å². The summed E-state index contributed by atoms with van der Waals surface area (Å²) in [5, 5.41) is 10.4. The van der Waals surface area contributed by atoms with Crippen molar-refractivity contribution in [3.8, 4) is 0 Å². The minimum atomic E-state index is -0.436. The Labute approximate surface area is 188 Å². The molecule has 0 unspecified atom stereocenters. The Morgan fingerprint density at radius 2 is 1.81 bits per heavy atom. The number of nitrogens with zero attached hydrogens (tertiary/aromatic N) is 3. The van der Waals surface area contributed by atoms with Crippen molar-refractivity contribution in [2.24, 2.45) is 12.0 Å². The Morgan fingerprint density at radius 1 is 1.12 bits per heavy atom. The van der Waals surface area contributed by atoms with E-state index < -0.39 is 11.7 Å². The number of nitrogens with one attached hydrogen (secondary N) is 2. The Morgan fingerprint density at radius 3 is 2.38 bits per heavy atom. The van der Waals surface area contributed by atoms with Crippen LogP contribution in [0.1, 0.15) is 58.2 Å². The molecule has 3 aromatic rings. The van der Waals surface area contributed by atoms with Gasteiger partial charge in [-0.2, -0.15) is 5.10 Å². The van der Waals surface area contributed by atoms with Gasteiger partial charge in [0, 0.05) is 29.6 Å². The maximum atomic E-state index is 14.0. The Balaban J connectivity index is 1.87. The zero-order valence-electron chi connectivity index (χ0n) is 19.5. The number of anilines is 1. The largest absolute Gasteiger partial charge is 0.326 e. The molecule has 0 saturated carbocycles. The fourth-order valence-electron chi connectivity index (χ4n) is 3.32. The molecule has 0 aliphatic carbocycles. The highest BCUT2D eigenvalue weighted by atomic mass is 19.1. The summed E-state index contributed by atoms with van der Waals surface area (Å²) in [4.78, 5) is 17.4. The average Bonchev–Trinajstić information content (AvgIpc) is 2.99. The predicted molar refractivity (Wildman–Crippen MR) is 127 cm³/mol. The highest BCUT2D eigenvalue weighted by molar-refractivity contribution is 6.10.